The third-order valence-electron chi connectivity index (χ3n) is 3.42. The maximum atomic E-state index is 10.8. The van der Waals surface area contributed by atoms with Gasteiger partial charge in [-0.3, -0.25) is 9.69 Å². The van der Waals surface area contributed by atoms with Crippen molar-refractivity contribution in [2.75, 3.05) is 32.8 Å². The number of nitrogens with one attached hydrogen (secondary N) is 1. The summed E-state index contributed by atoms with van der Waals surface area (Å²) in [6.45, 7) is 3.77. The van der Waals surface area contributed by atoms with Gasteiger partial charge in [0.2, 0.25) is 0 Å². The first-order valence-electron chi connectivity index (χ1n) is 6.53. The summed E-state index contributed by atoms with van der Waals surface area (Å²) in [4.78, 5) is 12.6. The number of carboxylic acids is 1. The van der Waals surface area contributed by atoms with Crippen LogP contribution in [0.2, 0.25) is 0 Å². The van der Waals surface area contributed by atoms with E-state index in [9.17, 15) is 9.90 Å². The zero-order chi connectivity index (χ0) is 13.5. The van der Waals surface area contributed by atoms with Gasteiger partial charge in [0.15, 0.2) is 0 Å². The van der Waals surface area contributed by atoms with E-state index in [-0.39, 0.29) is 31.2 Å². The van der Waals surface area contributed by atoms with E-state index in [2.05, 4.69) is 5.32 Å². The number of nitrogens with zero attached hydrogens (tertiary/aromatic N) is 1. The molecule has 0 saturated carbocycles. The number of rotatable bonds is 7. The van der Waals surface area contributed by atoms with Crippen molar-refractivity contribution in [1.82, 2.24) is 10.2 Å². The fraction of sp³-hybridized carbons (Fsp3) is 0.917. The van der Waals surface area contributed by atoms with Crippen LogP contribution in [0.25, 0.3) is 0 Å². The van der Waals surface area contributed by atoms with Gasteiger partial charge in [-0.05, 0) is 18.8 Å². The van der Waals surface area contributed by atoms with Gasteiger partial charge in [0, 0.05) is 25.7 Å². The molecule has 1 heterocycles. The standard InChI is InChI=1S/C12H24N2O4/c1-2-11(16)9-5-10(13-3-4-15)7-14(6-9)8-12(17)18/h9-11,13,15-16H,2-8H2,1H3,(H,17,18). The topological polar surface area (TPSA) is 93.0 Å². The second-order valence-corrected chi connectivity index (χ2v) is 4.93. The SMILES string of the molecule is CCC(O)C1CC(NCCO)CN(CC(=O)O)C1. The fourth-order valence-corrected chi connectivity index (χ4v) is 2.58. The predicted molar refractivity (Wildman–Crippen MR) is 67.4 cm³/mol. The molecule has 0 aliphatic carbocycles. The van der Waals surface area contributed by atoms with E-state index in [0.717, 1.165) is 6.42 Å². The number of piperidine rings is 1. The molecule has 106 valence electrons. The number of aliphatic hydroxyl groups excluding tert-OH is 2. The normalized spacial score (nSPS) is 27.1. The lowest BCUT2D eigenvalue weighted by molar-refractivity contribution is -0.139. The average molecular weight is 260 g/mol. The van der Waals surface area contributed by atoms with Gasteiger partial charge in [0.05, 0.1) is 19.3 Å². The molecule has 1 aliphatic rings. The Hall–Kier alpha value is -0.690. The summed E-state index contributed by atoms with van der Waals surface area (Å²) in [5, 5.41) is 30.8. The van der Waals surface area contributed by atoms with Crippen molar-refractivity contribution in [3.63, 3.8) is 0 Å². The molecule has 6 heteroatoms. The number of hydrogen-bond acceptors (Lipinski definition) is 5. The summed E-state index contributed by atoms with van der Waals surface area (Å²) in [6, 6.07) is 0.136. The van der Waals surface area contributed by atoms with Gasteiger partial charge in [0.1, 0.15) is 0 Å². The smallest absolute Gasteiger partial charge is 0.317 e. The highest BCUT2D eigenvalue weighted by Gasteiger charge is 2.31. The van der Waals surface area contributed by atoms with E-state index in [0.29, 0.717) is 26.1 Å². The van der Waals surface area contributed by atoms with E-state index >= 15 is 0 Å². The van der Waals surface area contributed by atoms with Crippen LogP contribution in [0, 0.1) is 5.92 Å². The Balaban J connectivity index is 2.56. The predicted octanol–water partition coefficient (Wildman–Crippen LogP) is -0.886. The maximum absolute atomic E-state index is 10.8. The number of hydrogen-bond donors (Lipinski definition) is 4. The Morgan fingerprint density at radius 1 is 1.50 bits per heavy atom. The molecule has 0 radical (unpaired) electrons. The van der Waals surface area contributed by atoms with E-state index in [1.54, 1.807) is 0 Å². The molecular formula is C12H24N2O4. The van der Waals surface area contributed by atoms with Crippen LogP contribution in [0.5, 0.6) is 0 Å². The molecule has 1 fully saturated rings. The Labute approximate surface area is 108 Å². The molecule has 0 aromatic heterocycles. The first-order valence-corrected chi connectivity index (χ1v) is 6.53. The number of aliphatic carboxylic acids is 1. The van der Waals surface area contributed by atoms with Gasteiger partial charge in [-0.25, -0.2) is 0 Å². The Kier molecular flexibility index (Phi) is 6.56. The van der Waals surface area contributed by atoms with Crippen molar-refractivity contribution in [3.05, 3.63) is 0 Å². The summed E-state index contributed by atoms with van der Waals surface area (Å²) in [5.74, 6) is -0.748. The van der Waals surface area contributed by atoms with Crippen LogP contribution >= 0.6 is 0 Å². The van der Waals surface area contributed by atoms with Crippen LogP contribution in [0.4, 0.5) is 0 Å². The number of likely N-dealkylation sites (tertiary alicyclic amines) is 1. The lowest BCUT2D eigenvalue weighted by Gasteiger charge is -2.39. The molecule has 4 N–H and O–H groups in total. The van der Waals surface area contributed by atoms with Crippen LogP contribution in [0.1, 0.15) is 19.8 Å². The second kappa shape index (κ2) is 7.68. The van der Waals surface area contributed by atoms with E-state index in [4.69, 9.17) is 10.2 Å². The lowest BCUT2D eigenvalue weighted by atomic mass is 9.88. The molecule has 1 saturated heterocycles. The van der Waals surface area contributed by atoms with Gasteiger partial charge in [-0.15, -0.1) is 0 Å². The fourth-order valence-electron chi connectivity index (χ4n) is 2.58. The highest BCUT2D eigenvalue weighted by atomic mass is 16.4. The highest BCUT2D eigenvalue weighted by molar-refractivity contribution is 5.69. The molecule has 1 rings (SSSR count). The quantitative estimate of drug-likeness (QED) is 0.475. The minimum atomic E-state index is -0.845. The van der Waals surface area contributed by atoms with Gasteiger partial charge in [-0.1, -0.05) is 6.92 Å². The molecule has 0 amide bonds. The summed E-state index contributed by atoms with van der Waals surface area (Å²) in [7, 11) is 0. The monoisotopic (exact) mass is 260 g/mol. The molecule has 0 aromatic rings. The minimum Gasteiger partial charge on any atom is -0.480 e. The molecule has 3 atom stereocenters. The summed E-state index contributed by atoms with van der Waals surface area (Å²) < 4.78 is 0. The van der Waals surface area contributed by atoms with E-state index < -0.39 is 5.97 Å². The third-order valence-corrected chi connectivity index (χ3v) is 3.42. The number of carbonyl (C=O) groups is 1. The van der Waals surface area contributed by atoms with Gasteiger partial charge in [0.25, 0.3) is 0 Å². The highest BCUT2D eigenvalue weighted by Crippen LogP contribution is 2.21. The number of aliphatic hydroxyl groups is 2. The summed E-state index contributed by atoms with van der Waals surface area (Å²) in [5.41, 5.74) is 0. The lowest BCUT2D eigenvalue weighted by Crippen LogP contribution is -2.53. The van der Waals surface area contributed by atoms with Crippen LogP contribution in [-0.4, -0.2) is 71.1 Å². The number of carboxylic acid groups (broad SMARTS) is 1. The largest absolute Gasteiger partial charge is 0.480 e. The maximum Gasteiger partial charge on any atom is 0.317 e. The third kappa shape index (κ3) is 4.89. The molecule has 6 nitrogen and oxygen atoms in total. The molecule has 0 spiro atoms. The Morgan fingerprint density at radius 3 is 2.78 bits per heavy atom. The van der Waals surface area contributed by atoms with E-state index in [1.807, 2.05) is 11.8 Å². The van der Waals surface area contributed by atoms with Gasteiger partial charge in [-0.2, -0.15) is 0 Å². The zero-order valence-electron chi connectivity index (χ0n) is 10.9. The Morgan fingerprint density at radius 2 is 2.22 bits per heavy atom. The van der Waals surface area contributed by atoms with Gasteiger partial charge >= 0.3 is 5.97 Å². The van der Waals surface area contributed by atoms with Crippen molar-refractivity contribution in [2.24, 2.45) is 5.92 Å². The van der Waals surface area contributed by atoms with Crippen molar-refractivity contribution < 1.29 is 20.1 Å². The average Bonchev–Trinajstić information content (AvgIpc) is 2.34. The van der Waals surface area contributed by atoms with Crippen molar-refractivity contribution in [3.8, 4) is 0 Å². The molecule has 1 aliphatic heterocycles. The molecule has 3 unspecified atom stereocenters. The minimum absolute atomic E-state index is 0.00421. The second-order valence-electron chi connectivity index (χ2n) is 4.93. The van der Waals surface area contributed by atoms with Crippen molar-refractivity contribution in [2.45, 2.75) is 31.9 Å². The van der Waals surface area contributed by atoms with Crippen LogP contribution in [-0.2, 0) is 4.79 Å². The zero-order valence-corrected chi connectivity index (χ0v) is 10.9. The van der Waals surface area contributed by atoms with Crippen LogP contribution in [0.3, 0.4) is 0 Å². The van der Waals surface area contributed by atoms with Crippen LogP contribution in [0.15, 0.2) is 0 Å². The summed E-state index contributed by atoms with van der Waals surface area (Å²) >= 11 is 0. The van der Waals surface area contributed by atoms with Crippen molar-refractivity contribution in [1.29, 1.82) is 0 Å². The van der Waals surface area contributed by atoms with Crippen molar-refractivity contribution >= 4 is 5.97 Å². The molecule has 0 bridgehead atoms. The molecular weight excluding hydrogens is 236 g/mol. The Bertz CT molecular complexity index is 262. The molecule has 18 heavy (non-hydrogen) atoms. The molecule has 0 aromatic carbocycles. The first-order chi connectivity index (χ1) is 8.56. The van der Waals surface area contributed by atoms with Gasteiger partial charge < -0.3 is 20.6 Å². The van der Waals surface area contributed by atoms with E-state index in [1.165, 1.54) is 0 Å². The first kappa shape index (κ1) is 15.4. The van der Waals surface area contributed by atoms with Crippen LogP contribution < -0.4 is 5.32 Å². The summed E-state index contributed by atoms with van der Waals surface area (Å²) in [6.07, 6.45) is 1.11.